The summed E-state index contributed by atoms with van der Waals surface area (Å²) in [6.07, 6.45) is 3.29. The molecule has 0 aromatic carbocycles. The van der Waals surface area contributed by atoms with Gasteiger partial charge in [0.1, 0.15) is 6.42 Å². The quantitative estimate of drug-likeness (QED) is 0.502. The molecule has 2 N–H and O–H groups in total. The average molecular weight is 214 g/mol. The van der Waals surface area contributed by atoms with Crippen LogP contribution in [0.3, 0.4) is 0 Å². The summed E-state index contributed by atoms with van der Waals surface area (Å²) in [5.41, 5.74) is 0. The number of hydrogen-bond donors (Lipinski definition) is 2. The van der Waals surface area contributed by atoms with Crippen LogP contribution in [0.4, 0.5) is 0 Å². The lowest BCUT2D eigenvalue weighted by Gasteiger charge is -2.23. The van der Waals surface area contributed by atoms with Crippen molar-refractivity contribution >= 4 is 11.9 Å². The van der Waals surface area contributed by atoms with E-state index in [1.165, 1.54) is 20.0 Å². The monoisotopic (exact) mass is 214 g/mol. The molecule has 86 valence electrons. The third-order valence-corrected chi connectivity index (χ3v) is 2.49. The average Bonchev–Trinajstić information content (AvgIpc) is 2.27. The van der Waals surface area contributed by atoms with Crippen molar-refractivity contribution in [3.8, 4) is 0 Å². The Balaban J connectivity index is 2.12. The van der Waals surface area contributed by atoms with E-state index in [0.717, 1.165) is 13.0 Å². The second-order valence-corrected chi connectivity index (χ2v) is 3.70. The van der Waals surface area contributed by atoms with Gasteiger partial charge in [-0.3, -0.25) is 9.59 Å². The standard InChI is InChI=1S/C10H18N2O3/c1-15-10(14)6-9(13)12-7-8-4-2-3-5-11-8/h8,11H,2-7H2,1H3,(H,12,13). The van der Waals surface area contributed by atoms with Crippen molar-refractivity contribution in [2.24, 2.45) is 0 Å². The Hall–Kier alpha value is -1.10. The third-order valence-electron chi connectivity index (χ3n) is 2.49. The molecule has 0 aromatic heterocycles. The van der Waals surface area contributed by atoms with E-state index in [9.17, 15) is 9.59 Å². The summed E-state index contributed by atoms with van der Waals surface area (Å²) < 4.78 is 4.40. The zero-order valence-corrected chi connectivity index (χ0v) is 9.04. The Bertz CT molecular complexity index is 225. The summed E-state index contributed by atoms with van der Waals surface area (Å²) in [4.78, 5) is 22.0. The Morgan fingerprint density at radius 1 is 1.47 bits per heavy atom. The molecule has 1 unspecified atom stereocenters. The topological polar surface area (TPSA) is 67.4 Å². The van der Waals surface area contributed by atoms with Crippen LogP contribution in [0.5, 0.6) is 0 Å². The fourth-order valence-corrected chi connectivity index (χ4v) is 1.60. The summed E-state index contributed by atoms with van der Waals surface area (Å²) in [6, 6.07) is 0.348. The second-order valence-electron chi connectivity index (χ2n) is 3.70. The highest BCUT2D eigenvalue weighted by Crippen LogP contribution is 2.05. The first-order chi connectivity index (χ1) is 7.22. The van der Waals surface area contributed by atoms with E-state index in [0.29, 0.717) is 12.6 Å². The van der Waals surface area contributed by atoms with E-state index >= 15 is 0 Å². The first-order valence-corrected chi connectivity index (χ1v) is 5.29. The molecule has 1 atom stereocenters. The summed E-state index contributed by atoms with van der Waals surface area (Å²) in [6.45, 7) is 1.60. The first-order valence-electron chi connectivity index (χ1n) is 5.29. The van der Waals surface area contributed by atoms with Gasteiger partial charge >= 0.3 is 5.97 Å². The van der Waals surface area contributed by atoms with Gasteiger partial charge in [-0.2, -0.15) is 0 Å². The normalized spacial score (nSPS) is 20.7. The van der Waals surface area contributed by atoms with Gasteiger partial charge in [-0.05, 0) is 19.4 Å². The van der Waals surface area contributed by atoms with Crippen molar-refractivity contribution in [2.75, 3.05) is 20.2 Å². The van der Waals surface area contributed by atoms with Gasteiger partial charge in [-0.25, -0.2) is 0 Å². The number of rotatable bonds is 4. The van der Waals surface area contributed by atoms with E-state index in [1.54, 1.807) is 0 Å². The molecule has 1 amide bonds. The van der Waals surface area contributed by atoms with Crippen LogP contribution in [0.25, 0.3) is 0 Å². The van der Waals surface area contributed by atoms with E-state index < -0.39 is 5.97 Å². The fraction of sp³-hybridized carbons (Fsp3) is 0.800. The highest BCUT2D eigenvalue weighted by molar-refractivity contribution is 5.94. The van der Waals surface area contributed by atoms with Crippen LogP contribution in [-0.2, 0) is 14.3 Å². The molecule has 0 aromatic rings. The molecule has 0 bridgehead atoms. The van der Waals surface area contributed by atoms with Crippen LogP contribution in [0.2, 0.25) is 0 Å². The maximum atomic E-state index is 11.2. The number of amides is 1. The lowest BCUT2D eigenvalue weighted by molar-refractivity contribution is -0.143. The van der Waals surface area contributed by atoms with E-state index in [1.807, 2.05) is 0 Å². The zero-order valence-electron chi connectivity index (χ0n) is 9.04. The van der Waals surface area contributed by atoms with Gasteiger partial charge in [0.2, 0.25) is 5.91 Å². The lowest BCUT2D eigenvalue weighted by Crippen LogP contribution is -2.43. The number of nitrogens with one attached hydrogen (secondary N) is 2. The Morgan fingerprint density at radius 3 is 2.87 bits per heavy atom. The van der Waals surface area contributed by atoms with Gasteiger partial charge in [-0.1, -0.05) is 6.42 Å². The number of hydrogen-bond acceptors (Lipinski definition) is 4. The smallest absolute Gasteiger partial charge is 0.315 e. The first kappa shape index (κ1) is 12.0. The predicted octanol–water partition coefficient (Wildman–Crippen LogP) is -0.192. The summed E-state index contributed by atoms with van der Waals surface area (Å²) in [5.74, 6) is -0.765. The molecule has 1 aliphatic heterocycles. The summed E-state index contributed by atoms with van der Waals surface area (Å²) in [5, 5.41) is 6.03. The molecular weight excluding hydrogens is 196 g/mol. The molecular formula is C10H18N2O3. The molecule has 1 heterocycles. The van der Waals surface area contributed by atoms with Crippen molar-refractivity contribution in [3.63, 3.8) is 0 Å². The van der Waals surface area contributed by atoms with E-state index in [2.05, 4.69) is 15.4 Å². The van der Waals surface area contributed by atoms with Gasteiger partial charge in [0.15, 0.2) is 0 Å². The second kappa shape index (κ2) is 6.40. The highest BCUT2D eigenvalue weighted by atomic mass is 16.5. The number of carbonyl (C=O) groups excluding carboxylic acids is 2. The Kier molecular flexibility index (Phi) is 5.10. The van der Waals surface area contributed by atoms with Crippen molar-refractivity contribution < 1.29 is 14.3 Å². The molecule has 0 aliphatic carbocycles. The minimum absolute atomic E-state index is 0.191. The van der Waals surface area contributed by atoms with Crippen LogP contribution in [0.15, 0.2) is 0 Å². The van der Waals surface area contributed by atoms with Crippen LogP contribution in [-0.4, -0.2) is 38.1 Å². The molecule has 15 heavy (non-hydrogen) atoms. The van der Waals surface area contributed by atoms with E-state index in [-0.39, 0.29) is 12.3 Å². The van der Waals surface area contributed by atoms with Gasteiger partial charge in [0.25, 0.3) is 0 Å². The van der Waals surface area contributed by atoms with Crippen LogP contribution in [0.1, 0.15) is 25.7 Å². The molecule has 0 radical (unpaired) electrons. The van der Waals surface area contributed by atoms with Crippen molar-refractivity contribution in [2.45, 2.75) is 31.7 Å². The zero-order chi connectivity index (χ0) is 11.1. The molecule has 1 aliphatic rings. The molecule has 0 spiro atoms. The lowest BCUT2D eigenvalue weighted by atomic mass is 10.1. The number of carbonyl (C=O) groups is 2. The fourth-order valence-electron chi connectivity index (χ4n) is 1.60. The molecule has 5 nitrogen and oxygen atoms in total. The van der Waals surface area contributed by atoms with Crippen LogP contribution >= 0.6 is 0 Å². The van der Waals surface area contributed by atoms with Crippen LogP contribution in [0, 0.1) is 0 Å². The number of esters is 1. The predicted molar refractivity (Wildman–Crippen MR) is 55.3 cm³/mol. The minimum Gasteiger partial charge on any atom is -0.469 e. The maximum Gasteiger partial charge on any atom is 0.315 e. The van der Waals surface area contributed by atoms with Crippen molar-refractivity contribution in [1.29, 1.82) is 0 Å². The minimum atomic E-state index is -0.496. The summed E-state index contributed by atoms with van der Waals surface area (Å²) >= 11 is 0. The number of methoxy groups -OCH3 is 1. The molecule has 1 saturated heterocycles. The summed E-state index contributed by atoms with van der Waals surface area (Å²) in [7, 11) is 1.28. The maximum absolute atomic E-state index is 11.2. The Labute approximate surface area is 89.6 Å². The third kappa shape index (κ3) is 4.78. The van der Waals surface area contributed by atoms with Crippen molar-refractivity contribution in [1.82, 2.24) is 10.6 Å². The van der Waals surface area contributed by atoms with Gasteiger partial charge in [-0.15, -0.1) is 0 Å². The van der Waals surface area contributed by atoms with Crippen molar-refractivity contribution in [3.05, 3.63) is 0 Å². The molecule has 0 saturated carbocycles. The highest BCUT2D eigenvalue weighted by Gasteiger charge is 2.14. The van der Waals surface area contributed by atoms with Gasteiger partial charge < -0.3 is 15.4 Å². The largest absolute Gasteiger partial charge is 0.469 e. The van der Waals surface area contributed by atoms with E-state index in [4.69, 9.17) is 0 Å². The van der Waals surface area contributed by atoms with Gasteiger partial charge in [0.05, 0.1) is 7.11 Å². The SMILES string of the molecule is COC(=O)CC(=O)NCC1CCCCN1. The van der Waals surface area contributed by atoms with Crippen LogP contribution < -0.4 is 10.6 Å². The molecule has 1 fully saturated rings. The number of ether oxygens (including phenoxy) is 1. The Morgan fingerprint density at radius 2 is 2.27 bits per heavy atom. The van der Waals surface area contributed by atoms with Gasteiger partial charge in [0, 0.05) is 12.6 Å². The number of piperidine rings is 1. The molecule has 5 heteroatoms. The molecule has 1 rings (SSSR count).